The molecule has 17 heavy (non-hydrogen) atoms. The topological polar surface area (TPSA) is 20.3 Å². The number of carbonyl (C=O) groups excluding carboxylic acids is 1. The zero-order valence-corrected chi connectivity index (χ0v) is 11.4. The van der Waals surface area contributed by atoms with Crippen LogP contribution in [0.3, 0.4) is 0 Å². The summed E-state index contributed by atoms with van der Waals surface area (Å²) in [5.74, 6) is 0.609. The van der Waals surface area contributed by atoms with E-state index in [1.54, 1.807) is 12.1 Å². The van der Waals surface area contributed by atoms with E-state index in [-0.39, 0.29) is 11.9 Å². The lowest BCUT2D eigenvalue weighted by atomic mass is 10.0. The second kappa shape index (κ2) is 4.87. The zero-order valence-electron chi connectivity index (χ0n) is 9.91. The van der Waals surface area contributed by atoms with Gasteiger partial charge < -0.3 is 4.90 Å². The van der Waals surface area contributed by atoms with Crippen molar-refractivity contribution in [1.29, 1.82) is 0 Å². The summed E-state index contributed by atoms with van der Waals surface area (Å²) in [7, 11) is 0. The van der Waals surface area contributed by atoms with Crippen LogP contribution in [0.4, 0.5) is 5.69 Å². The Hall–Kier alpha value is -0.730. The van der Waals surface area contributed by atoms with Crippen molar-refractivity contribution in [3.05, 3.63) is 28.2 Å². The molecule has 1 heterocycles. The molecule has 0 aromatic heterocycles. The maximum atomic E-state index is 11.9. The fourth-order valence-electron chi connectivity index (χ4n) is 2.31. The van der Waals surface area contributed by atoms with Crippen molar-refractivity contribution in [2.45, 2.75) is 32.7 Å². The highest BCUT2D eigenvalue weighted by atomic mass is 35.5. The molecule has 2 rings (SSSR count). The molecule has 1 atom stereocenters. The first-order valence-corrected chi connectivity index (χ1v) is 6.53. The van der Waals surface area contributed by atoms with Gasteiger partial charge in [0.15, 0.2) is 0 Å². The molecule has 0 saturated carbocycles. The van der Waals surface area contributed by atoms with Crippen LogP contribution in [0.25, 0.3) is 0 Å². The van der Waals surface area contributed by atoms with Gasteiger partial charge in [0, 0.05) is 18.2 Å². The van der Waals surface area contributed by atoms with Crippen LogP contribution in [0, 0.1) is 5.92 Å². The van der Waals surface area contributed by atoms with Crippen molar-refractivity contribution < 1.29 is 4.79 Å². The van der Waals surface area contributed by atoms with Crippen molar-refractivity contribution in [2.75, 3.05) is 4.90 Å². The van der Waals surface area contributed by atoms with Gasteiger partial charge in [-0.05, 0) is 30.5 Å². The van der Waals surface area contributed by atoms with Crippen LogP contribution in [0.5, 0.6) is 0 Å². The lowest BCUT2D eigenvalue weighted by molar-refractivity contribution is -0.117. The third kappa shape index (κ3) is 2.43. The molecule has 1 saturated heterocycles. The SMILES string of the molecule is CC(C)C1CCC(=O)N1c1ccc(Cl)c(Cl)c1. The maximum absolute atomic E-state index is 11.9. The average Bonchev–Trinajstić information content (AvgIpc) is 2.64. The van der Waals surface area contributed by atoms with Gasteiger partial charge in [0.05, 0.1) is 10.0 Å². The summed E-state index contributed by atoms with van der Waals surface area (Å²) in [4.78, 5) is 13.8. The summed E-state index contributed by atoms with van der Waals surface area (Å²) in [5.41, 5.74) is 0.848. The minimum Gasteiger partial charge on any atom is -0.309 e. The first-order valence-electron chi connectivity index (χ1n) is 5.78. The Morgan fingerprint density at radius 2 is 2.00 bits per heavy atom. The van der Waals surface area contributed by atoms with Gasteiger partial charge in [0.2, 0.25) is 5.91 Å². The Balaban J connectivity index is 2.36. The van der Waals surface area contributed by atoms with Crippen LogP contribution >= 0.6 is 23.2 Å². The fraction of sp³-hybridized carbons (Fsp3) is 0.462. The van der Waals surface area contributed by atoms with E-state index in [0.717, 1.165) is 12.1 Å². The quantitative estimate of drug-likeness (QED) is 0.792. The molecular weight excluding hydrogens is 257 g/mol. The van der Waals surface area contributed by atoms with Crippen LogP contribution in [0.15, 0.2) is 18.2 Å². The van der Waals surface area contributed by atoms with Crippen LogP contribution < -0.4 is 4.90 Å². The monoisotopic (exact) mass is 271 g/mol. The van der Waals surface area contributed by atoms with E-state index in [9.17, 15) is 4.79 Å². The van der Waals surface area contributed by atoms with Crippen LogP contribution in [0.1, 0.15) is 26.7 Å². The minimum atomic E-state index is 0.169. The minimum absolute atomic E-state index is 0.169. The van der Waals surface area contributed by atoms with Crippen molar-refractivity contribution in [3.8, 4) is 0 Å². The maximum Gasteiger partial charge on any atom is 0.227 e. The predicted octanol–water partition coefficient (Wildman–Crippen LogP) is 4.14. The standard InChI is InChI=1S/C13H15Cl2NO/c1-8(2)12-5-6-13(17)16(12)9-3-4-10(14)11(15)7-9/h3-4,7-8,12H,5-6H2,1-2H3. The number of benzene rings is 1. The number of nitrogens with zero attached hydrogens (tertiary/aromatic N) is 1. The molecule has 0 radical (unpaired) electrons. The van der Waals surface area contributed by atoms with E-state index in [0.29, 0.717) is 22.4 Å². The van der Waals surface area contributed by atoms with E-state index in [1.165, 1.54) is 0 Å². The molecule has 4 heteroatoms. The summed E-state index contributed by atoms with van der Waals surface area (Å²) < 4.78 is 0. The molecule has 0 bridgehead atoms. The molecule has 92 valence electrons. The summed E-state index contributed by atoms with van der Waals surface area (Å²) in [6.07, 6.45) is 1.53. The van der Waals surface area contributed by atoms with Gasteiger partial charge in [0.25, 0.3) is 0 Å². The van der Waals surface area contributed by atoms with E-state index >= 15 is 0 Å². The number of amides is 1. The van der Waals surface area contributed by atoms with E-state index in [4.69, 9.17) is 23.2 Å². The van der Waals surface area contributed by atoms with Crippen LogP contribution in [-0.2, 0) is 4.79 Å². The molecular formula is C13H15Cl2NO. The number of anilines is 1. The number of rotatable bonds is 2. The van der Waals surface area contributed by atoms with Crippen molar-refractivity contribution in [2.24, 2.45) is 5.92 Å². The number of hydrogen-bond acceptors (Lipinski definition) is 1. The lowest BCUT2D eigenvalue weighted by Gasteiger charge is -2.28. The van der Waals surface area contributed by atoms with Crippen LogP contribution in [0.2, 0.25) is 10.0 Å². The molecule has 0 aliphatic carbocycles. The Kier molecular flexibility index (Phi) is 3.64. The van der Waals surface area contributed by atoms with Crippen molar-refractivity contribution in [3.63, 3.8) is 0 Å². The van der Waals surface area contributed by atoms with E-state index < -0.39 is 0 Å². The largest absolute Gasteiger partial charge is 0.309 e. The smallest absolute Gasteiger partial charge is 0.227 e. The Morgan fingerprint density at radius 1 is 1.29 bits per heavy atom. The number of halogens is 2. The molecule has 0 spiro atoms. The molecule has 1 aliphatic rings. The van der Waals surface area contributed by atoms with Crippen LogP contribution in [-0.4, -0.2) is 11.9 Å². The third-order valence-electron chi connectivity index (χ3n) is 3.21. The molecule has 1 aromatic carbocycles. The fourth-order valence-corrected chi connectivity index (χ4v) is 2.60. The summed E-state index contributed by atoms with van der Waals surface area (Å²) in [6.45, 7) is 4.27. The first kappa shape index (κ1) is 12.7. The first-order chi connectivity index (χ1) is 8.00. The summed E-state index contributed by atoms with van der Waals surface area (Å²) in [5, 5.41) is 1.01. The average molecular weight is 272 g/mol. The molecule has 2 nitrogen and oxygen atoms in total. The highest BCUT2D eigenvalue weighted by Crippen LogP contribution is 2.34. The van der Waals surface area contributed by atoms with Gasteiger partial charge in [-0.2, -0.15) is 0 Å². The van der Waals surface area contributed by atoms with Gasteiger partial charge in [-0.25, -0.2) is 0 Å². The predicted molar refractivity (Wildman–Crippen MR) is 71.8 cm³/mol. The number of hydrogen-bond donors (Lipinski definition) is 0. The third-order valence-corrected chi connectivity index (χ3v) is 3.94. The van der Waals surface area contributed by atoms with Gasteiger partial charge in [0.1, 0.15) is 0 Å². The van der Waals surface area contributed by atoms with Gasteiger partial charge in [-0.15, -0.1) is 0 Å². The Morgan fingerprint density at radius 3 is 2.59 bits per heavy atom. The number of carbonyl (C=O) groups is 1. The molecule has 1 unspecified atom stereocenters. The second-order valence-corrected chi connectivity index (χ2v) is 5.53. The summed E-state index contributed by atoms with van der Waals surface area (Å²) >= 11 is 11.9. The second-order valence-electron chi connectivity index (χ2n) is 4.71. The molecule has 1 aromatic rings. The Labute approximate surface area is 112 Å². The van der Waals surface area contributed by atoms with E-state index in [2.05, 4.69) is 13.8 Å². The Bertz CT molecular complexity index is 445. The molecule has 0 N–H and O–H groups in total. The van der Waals surface area contributed by atoms with Gasteiger partial charge in [-0.1, -0.05) is 37.0 Å². The molecule has 1 amide bonds. The highest BCUT2D eigenvalue weighted by molar-refractivity contribution is 6.42. The van der Waals surface area contributed by atoms with Crippen molar-refractivity contribution in [1.82, 2.24) is 0 Å². The van der Waals surface area contributed by atoms with Crippen molar-refractivity contribution >= 4 is 34.8 Å². The van der Waals surface area contributed by atoms with Gasteiger partial charge >= 0.3 is 0 Å². The summed E-state index contributed by atoms with van der Waals surface area (Å²) in [6, 6.07) is 5.62. The molecule has 1 aliphatic heterocycles. The zero-order chi connectivity index (χ0) is 12.6. The van der Waals surface area contributed by atoms with E-state index in [1.807, 2.05) is 11.0 Å². The van der Waals surface area contributed by atoms with Gasteiger partial charge in [-0.3, -0.25) is 4.79 Å². The highest BCUT2D eigenvalue weighted by Gasteiger charge is 2.34. The lowest BCUT2D eigenvalue weighted by Crippen LogP contribution is -2.36. The molecule has 1 fully saturated rings. The normalized spacial score (nSPS) is 20.4.